The fraction of sp³-hybridized carbons (Fsp3) is 0.588. The number of nitrogens with one attached hydrogen (secondary N) is 1. The Kier molecular flexibility index (Phi) is 6.66. The van der Waals surface area contributed by atoms with Crippen molar-refractivity contribution in [3.05, 3.63) is 29.3 Å². The molecule has 4 nitrogen and oxygen atoms in total. The van der Waals surface area contributed by atoms with Gasteiger partial charge in [-0.15, -0.1) is 0 Å². The molecule has 0 spiro atoms. The molecule has 24 heavy (non-hydrogen) atoms. The van der Waals surface area contributed by atoms with Crippen molar-refractivity contribution in [2.75, 3.05) is 0 Å². The zero-order chi connectivity index (χ0) is 18.5. The number of nitrogens with two attached hydrogens (primary N) is 1. The van der Waals surface area contributed by atoms with E-state index >= 15 is 0 Å². The Morgan fingerprint density at radius 3 is 2.46 bits per heavy atom. The smallest absolute Gasteiger partial charge is 0.416 e. The molecule has 1 atom stereocenters. The number of carbonyl (C=O) groups is 1. The van der Waals surface area contributed by atoms with Crippen LogP contribution in [0.15, 0.2) is 18.2 Å². The molecule has 3 N–H and O–H groups in total. The van der Waals surface area contributed by atoms with E-state index in [1.165, 1.54) is 12.1 Å². The highest BCUT2D eigenvalue weighted by atomic mass is 19.4. The van der Waals surface area contributed by atoms with Crippen molar-refractivity contribution in [2.24, 2.45) is 5.73 Å². The minimum atomic E-state index is -4.54. The molecule has 0 bridgehead atoms. The van der Waals surface area contributed by atoms with Crippen LogP contribution in [0, 0.1) is 0 Å². The topological polar surface area (TPSA) is 64.4 Å². The van der Waals surface area contributed by atoms with Gasteiger partial charge in [0.2, 0.25) is 5.91 Å². The van der Waals surface area contributed by atoms with E-state index in [4.69, 9.17) is 10.5 Å². The van der Waals surface area contributed by atoms with Gasteiger partial charge in [-0.2, -0.15) is 13.2 Å². The number of ether oxygens (including phenoxy) is 1. The summed E-state index contributed by atoms with van der Waals surface area (Å²) >= 11 is 0. The van der Waals surface area contributed by atoms with Gasteiger partial charge >= 0.3 is 6.18 Å². The van der Waals surface area contributed by atoms with Crippen LogP contribution in [-0.2, 0) is 17.5 Å². The number of halogens is 3. The summed E-state index contributed by atoms with van der Waals surface area (Å²) in [6.45, 7) is 6.67. The van der Waals surface area contributed by atoms with Crippen molar-refractivity contribution in [1.29, 1.82) is 0 Å². The number of benzene rings is 1. The zero-order valence-electron chi connectivity index (χ0n) is 14.5. The van der Waals surface area contributed by atoms with E-state index in [1.807, 2.05) is 6.92 Å². The van der Waals surface area contributed by atoms with Gasteiger partial charge in [-0.3, -0.25) is 4.79 Å². The largest absolute Gasteiger partial charge is 0.491 e. The molecule has 0 saturated heterocycles. The third-order valence-corrected chi connectivity index (χ3v) is 3.49. The molecular formula is C17H25F3N2O2. The van der Waals surface area contributed by atoms with Crippen LogP contribution in [0.2, 0.25) is 0 Å². The first-order valence-electron chi connectivity index (χ1n) is 7.91. The fourth-order valence-electron chi connectivity index (χ4n) is 2.33. The van der Waals surface area contributed by atoms with Crippen LogP contribution in [0.4, 0.5) is 13.2 Å². The number of rotatable bonds is 7. The summed E-state index contributed by atoms with van der Waals surface area (Å²) in [4.78, 5) is 12.1. The molecule has 0 aromatic heterocycles. The molecule has 0 radical (unpaired) electrons. The van der Waals surface area contributed by atoms with E-state index in [0.717, 1.165) is 6.07 Å². The molecule has 0 heterocycles. The minimum absolute atomic E-state index is 0.0285. The minimum Gasteiger partial charge on any atom is -0.491 e. The maximum atomic E-state index is 13.3. The molecule has 136 valence electrons. The lowest BCUT2D eigenvalue weighted by Gasteiger charge is -2.23. The molecule has 1 rings (SSSR count). The van der Waals surface area contributed by atoms with Crippen molar-refractivity contribution in [3.63, 3.8) is 0 Å². The first kappa shape index (κ1) is 20.3. The van der Waals surface area contributed by atoms with Crippen molar-refractivity contribution in [2.45, 2.75) is 64.9 Å². The normalized spacial score (nSPS) is 14.4. The number of carbonyl (C=O) groups excluding carboxylic acids is 1. The second-order valence-corrected chi connectivity index (χ2v) is 6.33. The first-order chi connectivity index (χ1) is 11.0. The quantitative estimate of drug-likeness (QED) is 0.792. The average molecular weight is 346 g/mol. The van der Waals surface area contributed by atoms with E-state index in [9.17, 15) is 18.0 Å². The second kappa shape index (κ2) is 7.88. The summed E-state index contributed by atoms with van der Waals surface area (Å²) in [5.74, 6) is -0.331. The van der Waals surface area contributed by atoms with Gasteiger partial charge in [-0.1, -0.05) is 19.4 Å². The van der Waals surface area contributed by atoms with Crippen LogP contribution in [0.3, 0.4) is 0 Å². The van der Waals surface area contributed by atoms with Crippen molar-refractivity contribution < 1.29 is 22.7 Å². The van der Waals surface area contributed by atoms with Gasteiger partial charge in [0.25, 0.3) is 0 Å². The van der Waals surface area contributed by atoms with Crippen molar-refractivity contribution in [3.8, 4) is 5.75 Å². The predicted octanol–water partition coefficient (Wildman–Crippen LogP) is 3.63. The molecule has 0 aliphatic heterocycles. The Labute approximate surface area is 140 Å². The van der Waals surface area contributed by atoms with E-state index in [1.54, 1.807) is 20.8 Å². The second-order valence-electron chi connectivity index (χ2n) is 6.33. The lowest BCUT2D eigenvalue weighted by molar-refractivity contribution is -0.138. The lowest BCUT2D eigenvalue weighted by Crippen LogP contribution is -2.51. The first-order valence-corrected chi connectivity index (χ1v) is 7.91. The Hall–Kier alpha value is -1.76. The Balaban J connectivity index is 2.97. The van der Waals surface area contributed by atoms with Crippen LogP contribution in [0.5, 0.6) is 5.75 Å². The molecule has 1 amide bonds. The summed E-state index contributed by atoms with van der Waals surface area (Å²) in [5.41, 5.74) is 3.93. The van der Waals surface area contributed by atoms with Crippen LogP contribution >= 0.6 is 0 Å². The fourth-order valence-corrected chi connectivity index (χ4v) is 2.33. The predicted molar refractivity (Wildman–Crippen MR) is 86.6 cm³/mol. The highest BCUT2D eigenvalue weighted by Gasteiger charge is 2.34. The molecule has 0 aliphatic carbocycles. The summed E-state index contributed by atoms with van der Waals surface area (Å²) < 4.78 is 45.1. The Morgan fingerprint density at radius 1 is 1.33 bits per heavy atom. The molecule has 1 aromatic carbocycles. The van der Waals surface area contributed by atoms with Gasteiger partial charge in [0.15, 0.2) is 0 Å². The molecule has 0 saturated carbocycles. The Bertz CT molecular complexity index is 569. The third kappa shape index (κ3) is 5.70. The number of alkyl halides is 3. The van der Waals surface area contributed by atoms with E-state index in [0.29, 0.717) is 12.8 Å². The van der Waals surface area contributed by atoms with E-state index in [-0.39, 0.29) is 24.0 Å². The van der Waals surface area contributed by atoms with Gasteiger partial charge in [0.1, 0.15) is 5.75 Å². The molecule has 1 unspecified atom stereocenters. The summed E-state index contributed by atoms with van der Waals surface area (Å²) in [6, 6.07) is 3.73. The highest BCUT2D eigenvalue weighted by molar-refractivity contribution is 5.85. The van der Waals surface area contributed by atoms with E-state index in [2.05, 4.69) is 5.32 Å². The third-order valence-electron chi connectivity index (χ3n) is 3.49. The number of hydrogen-bond donors (Lipinski definition) is 2. The molecule has 1 aromatic rings. The van der Waals surface area contributed by atoms with Crippen LogP contribution in [0.1, 0.15) is 51.7 Å². The monoisotopic (exact) mass is 346 g/mol. The van der Waals surface area contributed by atoms with Crippen molar-refractivity contribution in [1.82, 2.24) is 5.32 Å². The standard InChI is InChI=1S/C17H25F3N2O2/c1-5-8-16(4,21)15(23)22-10-12-6-7-13(24-11(2)3)9-14(12)17(18,19)20/h6-7,9,11H,5,8,10,21H2,1-4H3,(H,22,23). The number of amides is 1. The van der Waals surface area contributed by atoms with Gasteiger partial charge < -0.3 is 15.8 Å². The molecule has 7 heteroatoms. The summed E-state index contributed by atoms with van der Waals surface area (Å²) in [5, 5.41) is 2.49. The van der Waals surface area contributed by atoms with Gasteiger partial charge in [0.05, 0.1) is 17.2 Å². The number of hydrogen-bond acceptors (Lipinski definition) is 3. The van der Waals surface area contributed by atoms with Crippen LogP contribution < -0.4 is 15.8 Å². The maximum absolute atomic E-state index is 13.3. The molecule has 0 aliphatic rings. The van der Waals surface area contributed by atoms with Gasteiger partial charge in [-0.25, -0.2) is 0 Å². The Morgan fingerprint density at radius 2 is 1.96 bits per heavy atom. The molecular weight excluding hydrogens is 321 g/mol. The lowest BCUT2D eigenvalue weighted by atomic mass is 9.96. The van der Waals surface area contributed by atoms with Gasteiger partial charge in [0, 0.05) is 6.54 Å². The zero-order valence-corrected chi connectivity index (χ0v) is 14.5. The molecule has 0 fully saturated rings. The summed E-state index contributed by atoms with van der Waals surface area (Å²) in [7, 11) is 0. The maximum Gasteiger partial charge on any atom is 0.416 e. The van der Waals surface area contributed by atoms with Gasteiger partial charge in [-0.05, 0) is 44.9 Å². The average Bonchev–Trinajstić information content (AvgIpc) is 2.43. The summed E-state index contributed by atoms with van der Waals surface area (Å²) in [6.07, 6.45) is -3.61. The SMILES string of the molecule is CCCC(C)(N)C(=O)NCc1ccc(OC(C)C)cc1C(F)(F)F. The van der Waals surface area contributed by atoms with Crippen LogP contribution in [-0.4, -0.2) is 17.6 Å². The van der Waals surface area contributed by atoms with Crippen LogP contribution in [0.25, 0.3) is 0 Å². The highest BCUT2D eigenvalue weighted by Crippen LogP contribution is 2.34. The van der Waals surface area contributed by atoms with E-state index < -0.39 is 23.2 Å². The van der Waals surface area contributed by atoms with Crippen molar-refractivity contribution >= 4 is 5.91 Å².